The van der Waals surface area contributed by atoms with Crippen molar-refractivity contribution in [2.75, 3.05) is 18.5 Å². The minimum atomic E-state index is -0.595. The fourth-order valence-corrected chi connectivity index (χ4v) is 3.75. The van der Waals surface area contributed by atoms with Gasteiger partial charge in [-0.3, -0.25) is 9.78 Å². The molecule has 0 atom stereocenters. The number of anilines is 1. The largest absolute Gasteiger partial charge is 0.445 e. The molecule has 1 aliphatic carbocycles. The number of pyridine rings is 1. The Hall–Kier alpha value is -2.89. The predicted octanol–water partition coefficient (Wildman–Crippen LogP) is 3.92. The molecule has 1 saturated carbocycles. The van der Waals surface area contributed by atoms with Crippen LogP contribution in [0.25, 0.3) is 0 Å². The summed E-state index contributed by atoms with van der Waals surface area (Å²) in [6, 6.07) is 13.2. The van der Waals surface area contributed by atoms with E-state index in [0.717, 1.165) is 43.4 Å². The van der Waals surface area contributed by atoms with Crippen LogP contribution in [-0.2, 0) is 16.1 Å². The number of hydrogen-bond acceptors (Lipinski definition) is 4. The topological polar surface area (TPSA) is 71.5 Å². The summed E-state index contributed by atoms with van der Waals surface area (Å²) in [6.07, 6.45) is 7.46. The maximum atomic E-state index is 13.3. The zero-order chi connectivity index (χ0) is 19.8. The summed E-state index contributed by atoms with van der Waals surface area (Å²) in [6.45, 7) is 0.499. The zero-order valence-corrected chi connectivity index (χ0v) is 16.3. The molecular formula is C22H27N3O3. The standard InChI is InChI=1S/C22H27N3O3/c1-25(19-10-14-23-15-11-19)20(26)22(12-6-3-7-13-22)17-24-21(27)28-16-18-8-4-2-5-9-18/h2,4-5,8-11,14-15H,3,6-7,12-13,16-17H2,1H3,(H,24,27). The Morgan fingerprint density at radius 2 is 1.75 bits per heavy atom. The summed E-state index contributed by atoms with van der Waals surface area (Å²) in [5.41, 5.74) is 1.14. The number of ether oxygens (including phenoxy) is 1. The van der Waals surface area contributed by atoms with Crippen LogP contribution in [0.4, 0.5) is 10.5 Å². The van der Waals surface area contributed by atoms with Gasteiger partial charge in [0, 0.05) is 31.7 Å². The lowest BCUT2D eigenvalue weighted by atomic mass is 9.73. The van der Waals surface area contributed by atoms with E-state index in [-0.39, 0.29) is 19.1 Å². The van der Waals surface area contributed by atoms with Crippen molar-refractivity contribution in [1.82, 2.24) is 10.3 Å². The second-order valence-corrected chi connectivity index (χ2v) is 7.33. The lowest BCUT2D eigenvalue weighted by molar-refractivity contribution is -0.129. The molecule has 1 heterocycles. The third-order valence-corrected chi connectivity index (χ3v) is 5.40. The molecular weight excluding hydrogens is 354 g/mol. The molecule has 1 N–H and O–H groups in total. The molecule has 0 radical (unpaired) electrons. The SMILES string of the molecule is CN(C(=O)C1(CNC(=O)OCc2ccccc2)CCCCC1)c1ccncc1. The molecule has 6 heteroatoms. The van der Waals surface area contributed by atoms with Crippen molar-refractivity contribution in [3.63, 3.8) is 0 Å². The normalized spacial score (nSPS) is 15.5. The van der Waals surface area contributed by atoms with E-state index in [1.165, 1.54) is 0 Å². The van der Waals surface area contributed by atoms with E-state index in [1.54, 1.807) is 24.3 Å². The molecule has 1 aromatic carbocycles. The van der Waals surface area contributed by atoms with Gasteiger partial charge in [-0.15, -0.1) is 0 Å². The van der Waals surface area contributed by atoms with E-state index in [1.807, 2.05) is 42.5 Å². The molecule has 28 heavy (non-hydrogen) atoms. The first kappa shape index (κ1) is 19.9. The molecule has 2 aromatic rings. The van der Waals surface area contributed by atoms with Gasteiger partial charge < -0.3 is 15.0 Å². The molecule has 2 amide bonds. The van der Waals surface area contributed by atoms with Crippen LogP contribution in [0, 0.1) is 5.41 Å². The van der Waals surface area contributed by atoms with Crippen LogP contribution in [0.5, 0.6) is 0 Å². The average molecular weight is 381 g/mol. The van der Waals surface area contributed by atoms with Crippen molar-refractivity contribution in [1.29, 1.82) is 0 Å². The number of alkyl carbamates (subject to hydrolysis) is 1. The van der Waals surface area contributed by atoms with Gasteiger partial charge in [-0.05, 0) is 30.5 Å². The zero-order valence-electron chi connectivity index (χ0n) is 16.3. The van der Waals surface area contributed by atoms with Gasteiger partial charge in [-0.2, -0.15) is 0 Å². The Balaban J connectivity index is 1.62. The number of carbonyl (C=O) groups is 2. The third-order valence-electron chi connectivity index (χ3n) is 5.40. The molecule has 6 nitrogen and oxygen atoms in total. The van der Waals surface area contributed by atoms with E-state index in [9.17, 15) is 9.59 Å². The minimum absolute atomic E-state index is 0.0294. The van der Waals surface area contributed by atoms with Gasteiger partial charge in [0.25, 0.3) is 0 Å². The van der Waals surface area contributed by atoms with Gasteiger partial charge in [0.15, 0.2) is 0 Å². The molecule has 1 aliphatic rings. The maximum absolute atomic E-state index is 13.3. The summed E-state index contributed by atoms with van der Waals surface area (Å²) in [7, 11) is 1.78. The van der Waals surface area contributed by atoms with Crippen LogP contribution < -0.4 is 10.2 Å². The number of rotatable bonds is 6. The van der Waals surface area contributed by atoms with E-state index in [4.69, 9.17) is 4.74 Å². The van der Waals surface area contributed by atoms with Crippen LogP contribution in [0.2, 0.25) is 0 Å². The number of benzene rings is 1. The van der Waals surface area contributed by atoms with Crippen molar-refractivity contribution in [3.05, 3.63) is 60.4 Å². The van der Waals surface area contributed by atoms with Gasteiger partial charge in [0.2, 0.25) is 5.91 Å². The fraction of sp³-hybridized carbons (Fsp3) is 0.409. The third kappa shape index (κ3) is 4.88. The second kappa shape index (κ2) is 9.35. The van der Waals surface area contributed by atoms with Gasteiger partial charge >= 0.3 is 6.09 Å². The highest BCUT2D eigenvalue weighted by Gasteiger charge is 2.42. The van der Waals surface area contributed by atoms with Crippen LogP contribution in [0.15, 0.2) is 54.9 Å². The molecule has 0 aliphatic heterocycles. The Bertz CT molecular complexity index is 774. The number of hydrogen-bond donors (Lipinski definition) is 1. The number of amides is 2. The van der Waals surface area contributed by atoms with Gasteiger partial charge in [0.05, 0.1) is 5.41 Å². The van der Waals surface area contributed by atoms with Gasteiger partial charge in [0.1, 0.15) is 6.61 Å². The summed E-state index contributed by atoms with van der Waals surface area (Å²) in [4.78, 5) is 31.2. The first-order valence-electron chi connectivity index (χ1n) is 9.73. The van der Waals surface area contributed by atoms with E-state index < -0.39 is 11.5 Å². The van der Waals surface area contributed by atoms with Gasteiger partial charge in [-0.25, -0.2) is 4.79 Å². The van der Waals surface area contributed by atoms with Crippen LogP contribution in [0.1, 0.15) is 37.7 Å². The number of aromatic nitrogens is 1. The monoisotopic (exact) mass is 381 g/mol. The molecule has 1 fully saturated rings. The summed E-state index contributed by atoms with van der Waals surface area (Å²) in [5, 5.41) is 2.83. The Morgan fingerprint density at radius 3 is 2.43 bits per heavy atom. The Kier molecular flexibility index (Phi) is 6.63. The van der Waals surface area contributed by atoms with Gasteiger partial charge in [-0.1, -0.05) is 49.6 Å². The van der Waals surface area contributed by atoms with Crippen molar-refractivity contribution in [2.45, 2.75) is 38.7 Å². The van der Waals surface area contributed by atoms with Crippen LogP contribution >= 0.6 is 0 Å². The molecule has 0 saturated heterocycles. The van der Waals surface area contributed by atoms with Crippen LogP contribution in [-0.4, -0.2) is 30.6 Å². The van der Waals surface area contributed by atoms with E-state index in [0.29, 0.717) is 0 Å². The lowest BCUT2D eigenvalue weighted by Crippen LogP contribution is -2.50. The van der Waals surface area contributed by atoms with E-state index in [2.05, 4.69) is 10.3 Å². The Morgan fingerprint density at radius 1 is 1.07 bits per heavy atom. The summed E-state index contributed by atoms with van der Waals surface area (Å²) in [5.74, 6) is 0.0294. The smallest absolute Gasteiger partial charge is 0.407 e. The number of nitrogens with zero attached hydrogens (tertiary/aromatic N) is 2. The molecule has 0 unspecified atom stereocenters. The fourth-order valence-electron chi connectivity index (χ4n) is 3.75. The summed E-state index contributed by atoms with van der Waals surface area (Å²) < 4.78 is 5.31. The van der Waals surface area contributed by atoms with Crippen molar-refractivity contribution < 1.29 is 14.3 Å². The summed E-state index contributed by atoms with van der Waals surface area (Å²) >= 11 is 0. The molecule has 0 spiro atoms. The maximum Gasteiger partial charge on any atom is 0.407 e. The first-order chi connectivity index (χ1) is 13.6. The highest BCUT2D eigenvalue weighted by Crippen LogP contribution is 2.38. The molecule has 148 valence electrons. The Labute approximate surface area is 165 Å². The van der Waals surface area contributed by atoms with Crippen molar-refractivity contribution >= 4 is 17.7 Å². The minimum Gasteiger partial charge on any atom is -0.445 e. The highest BCUT2D eigenvalue weighted by molar-refractivity contribution is 5.97. The molecule has 0 bridgehead atoms. The average Bonchev–Trinajstić information content (AvgIpc) is 2.77. The second-order valence-electron chi connectivity index (χ2n) is 7.33. The number of nitrogens with one attached hydrogen (secondary N) is 1. The lowest BCUT2D eigenvalue weighted by Gasteiger charge is -2.38. The first-order valence-corrected chi connectivity index (χ1v) is 9.73. The van der Waals surface area contributed by atoms with Crippen LogP contribution in [0.3, 0.4) is 0 Å². The molecule has 3 rings (SSSR count). The highest BCUT2D eigenvalue weighted by atomic mass is 16.5. The predicted molar refractivity (Wildman–Crippen MR) is 108 cm³/mol. The van der Waals surface area contributed by atoms with E-state index >= 15 is 0 Å². The molecule has 1 aromatic heterocycles. The quantitative estimate of drug-likeness (QED) is 0.823. The van der Waals surface area contributed by atoms with Crippen molar-refractivity contribution in [2.24, 2.45) is 5.41 Å². The number of carbonyl (C=O) groups excluding carboxylic acids is 2. The van der Waals surface area contributed by atoms with Crippen molar-refractivity contribution in [3.8, 4) is 0 Å².